The Kier molecular flexibility index (Phi) is 13.7. The SMILES string of the molecule is COC(=O)C(Cc1ccc(-c2ccnc(C)c2C)cc1)NC(=O)[C@@H]1Cc2cc3c(cc2CN1S(=O)(=O)c1sc(NC(C)=O)nc1C)O[C@@H](c1ccc(OCc2ccc(Cl)c(Cl)c2)cc1)CO3. The van der Waals surface area contributed by atoms with Crippen LogP contribution in [-0.2, 0) is 55.1 Å². The number of methoxy groups -OCH3 is 1. The van der Waals surface area contributed by atoms with Crippen LogP contribution in [0.1, 0.15) is 57.8 Å². The van der Waals surface area contributed by atoms with Gasteiger partial charge < -0.3 is 29.6 Å². The number of amides is 2. The maximum absolute atomic E-state index is 14.7. The number of carbonyl (C=O) groups excluding carboxylic acids is 3. The first-order valence-electron chi connectivity index (χ1n) is 20.9. The molecule has 0 saturated heterocycles. The molecule has 4 aromatic carbocycles. The number of rotatable bonds is 13. The molecule has 4 heterocycles. The number of aromatic nitrogens is 2. The predicted molar refractivity (Wildman–Crippen MR) is 251 cm³/mol. The van der Waals surface area contributed by atoms with Gasteiger partial charge in [-0.15, -0.1) is 0 Å². The van der Waals surface area contributed by atoms with Crippen LogP contribution in [0, 0.1) is 20.8 Å². The number of carbonyl (C=O) groups is 3. The van der Waals surface area contributed by atoms with Gasteiger partial charge in [-0.25, -0.2) is 18.2 Å². The number of thiazole rings is 1. The van der Waals surface area contributed by atoms with E-state index in [-0.39, 0.29) is 41.0 Å². The van der Waals surface area contributed by atoms with Crippen molar-refractivity contribution >= 4 is 67.5 Å². The molecule has 1 unspecified atom stereocenters. The zero-order chi connectivity index (χ0) is 46.9. The molecule has 2 amide bonds. The fourth-order valence-electron chi connectivity index (χ4n) is 7.89. The molecule has 2 aliphatic rings. The van der Waals surface area contributed by atoms with Gasteiger partial charge >= 0.3 is 5.97 Å². The third kappa shape index (κ3) is 10.0. The molecule has 8 rings (SSSR count). The summed E-state index contributed by atoms with van der Waals surface area (Å²) in [6, 6.07) is 23.3. The summed E-state index contributed by atoms with van der Waals surface area (Å²) in [7, 11) is -3.22. The van der Waals surface area contributed by atoms with Crippen molar-refractivity contribution in [3.63, 3.8) is 0 Å². The van der Waals surface area contributed by atoms with E-state index in [9.17, 15) is 22.8 Å². The summed E-state index contributed by atoms with van der Waals surface area (Å²) in [6.45, 7) is 7.02. The van der Waals surface area contributed by atoms with Crippen molar-refractivity contribution in [2.24, 2.45) is 0 Å². The summed E-state index contributed by atoms with van der Waals surface area (Å²) in [5.41, 5.74) is 7.80. The van der Waals surface area contributed by atoms with Crippen LogP contribution in [0.25, 0.3) is 11.1 Å². The van der Waals surface area contributed by atoms with Crippen LogP contribution in [0.4, 0.5) is 5.13 Å². The molecule has 342 valence electrons. The molecule has 2 aromatic heterocycles. The van der Waals surface area contributed by atoms with Gasteiger partial charge in [-0.1, -0.05) is 77.0 Å². The van der Waals surface area contributed by atoms with Crippen LogP contribution in [0.2, 0.25) is 10.0 Å². The fraction of sp³-hybridized carbons (Fsp3) is 0.271. The highest BCUT2D eigenvalue weighted by Gasteiger charge is 2.43. The Morgan fingerprint density at radius 3 is 2.35 bits per heavy atom. The number of sulfonamides is 1. The molecule has 14 nitrogen and oxygen atoms in total. The van der Waals surface area contributed by atoms with E-state index in [2.05, 4.69) is 20.6 Å². The highest BCUT2D eigenvalue weighted by atomic mass is 35.5. The maximum Gasteiger partial charge on any atom is 0.328 e. The molecule has 2 aliphatic heterocycles. The number of halogens is 2. The Bertz CT molecular complexity index is 2950. The van der Waals surface area contributed by atoms with Gasteiger partial charge in [0.25, 0.3) is 10.0 Å². The molecule has 0 radical (unpaired) electrons. The third-order valence-electron chi connectivity index (χ3n) is 11.5. The van der Waals surface area contributed by atoms with Crippen LogP contribution in [0.15, 0.2) is 95.3 Å². The van der Waals surface area contributed by atoms with Crippen molar-refractivity contribution in [2.45, 2.75) is 76.1 Å². The lowest BCUT2D eigenvalue weighted by atomic mass is 9.93. The van der Waals surface area contributed by atoms with Gasteiger partial charge in [0.15, 0.2) is 26.9 Å². The standard InChI is InChI=1S/C48H45Cl2N5O9S2/c1-26-27(2)51-17-16-37(26)32-9-6-30(7-10-32)19-40(46(58)61-5)54-45(57)41-20-34-21-42-43(22-35(34)23-55(41)66(59,60)47-28(3)52-48(65-47)53-29(4)56)64-44(25-63-42)33-11-13-36(14-12-33)62-24-31-8-15-38(49)39(50)18-31/h6-18,21-22,40-41,44H,19-20,23-25H2,1-5H3,(H,54,57)(H,52,53,56)/t40?,41-,44+/m0/s1. The second kappa shape index (κ2) is 19.4. The first-order chi connectivity index (χ1) is 31.6. The van der Waals surface area contributed by atoms with E-state index in [0.29, 0.717) is 45.0 Å². The molecule has 0 aliphatic carbocycles. The van der Waals surface area contributed by atoms with Gasteiger partial charge in [0.05, 0.1) is 22.8 Å². The minimum absolute atomic E-state index is 0.0617. The zero-order valence-corrected chi connectivity index (χ0v) is 39.7. The highest BCUT2D eigenvalue weighted by molar-refractivity contribution is 7.91. The second-order valence-corrected chi connectivity index (χ2v) is 19.9. The zero-order valence-electron chi connectivity index (χ0n) is 36.5. The third-order valence-corrected chi connectivity index (χ3v) is 15.8. The number of pyridine rings is 1. The number of hydrogen-bond acceptors (Lipinski definition) is 12. The van der Waals surface area contributed by atoms with E-state index in [1.807, 2.05) is 74.5 Å². The average Bonchev–Trinajstić information content (AvgIpc) is 3.68. The van der Waals surface area contributed by atoms with E-state index >= 15 is 0 Å². The molecular formula is C48H45Cl2N5O9S2. The predicted octanol–water partition coefficient (Wildman–Crippen LogP) is 8.50. The Balaban J connectivity index is 1.04. The smallest absolute Gasteiger partial charge is 0.328 e. The Labute approximate surface area is 396 Å². The minimum Gasteiger partial charge on any atom is -0.489 e. The molecule has 66 heavy (non-hydrogen) atoms. The number of ether oxygens (including phenoxy) is 4. The van der Waals surface area contributed by atoms with Gasteiger partial charge in [-0.2, -0.15) is 4.31 Å². The van der Waals surface area contributed by atoms with Crippen molar-refractivity contribution in [2.75, 3.05) is 19.0 Å². The Morgan fingerprint density at radius 2 is 1.64 bits per heavy atom. The lowest BCUT2D eigenvalue weighted by Gasteiger charge is -2.36. The van der Waals surface area contributed by atoms with Crippen LogP contribution in [-0.4, -0.2) is 66.3 Å². The maximum atomic E-state index is 14.7. The number of hydrogen-bond donors (Lipinski definition) is 2. The van der Waals surface area contributed by atoms with E-state index in [1.54, 1.807) is 30.5 Å². The molecule has 18 heteroatoms. The van der Waals surface area contributed by atoms with Gasteiger partial charge in [0.1, 0.15) is 31.0 Å². The van der Waals surface area contributed by atoms with Crippen molar-refractivity contribution in [3.05, 3.63) is 146 Å². The topological polar surface area (TPSA) is 175 Å². The van der Waals surface area contributed by atoms with Crippen LogP contribution < -0.4 is 24.8 Å². The molecule has 0 bridgehead atoms. The molecule has 6 aromatic rings. The average molecular weight is 971 g/mol. The molecule has 2 N–H and O–H groups in total. The van der Waals surface area contributed by atoms with Gasteiger partial charge in [0.2, 0.25) is 11.8 Å². The molecule has 0 fully saturated rings. The lowest BCUT2D eigenvalue weighted by Crippen LogP contribution is -2.56. The molecule has 0 spiro atoms. The van der Waals surface area contributed by atoms with Crippen LogP contribution >= 0.6 is 34.5 Å². The number of fused-ring (bicyclic) bond motifs is 2. The summed E-state index contributed by atoms with van der Waals surface area (Å²) in [5, 5.41) is 6.38. The van der Waals surface area contributed by atoms with Crippen molar-refractivity contribution in [3.8, 4) is 28.4 Å². The first kappa shape index (κ1) is 46.5. The number of benzene rings is 4. The van der Waals surface area contributed by atoms with Crippen molar-refractivity contribution in [1.82, 2.24) is 19.6 Å². The number of nitrogens with zero attached hydrogens (tertiary/aromatic N) is 3. The Morgan fingerprint density at radius 1 is 0.909 bits per heavy atom. The first-order valence-corrected chi connectivity index (χ1v) is 23.9. The normalized spacial score (nSPS) is 16.2. The van der Waals surface area contributed by atoms with Crippen molar-refractivity contribution in [1.29, 1.82) is 0 Å². The minimum atomic E-state index is -4.45. The number of esters is 1. The summed E-state index contributed by atoms with van der Waals surface area (Å²) in [4.78, 5) is 48.4. The summed E-state index contributed by atoms with van der Waals surface area (Å²) in [6.07, 6.45) is 1.27. The van der Waals surface area contributed by atoms with Crippen LogP contribution in [0.5, 0.6) is 17.2 Å². The molecular weight excluding hydrogens is 926 g/mol. The second-order valence-electron chi connectivity index (χ2n) is 16.0. The molecule has 0 saturated carbocycles. The fourth-order valence-corrected chi connectivity index (χ4v) is 11.3. The number of aryl methyl sites for hydroxylation is 2. The van der Waals surface area contributed by atoms with Crippen LogP contribution in [0.3, 0.4) is 0 Å². The van der Waals surface area contributed by atoms with Crippen molar-refractivity contribution < 1.29 is 41.7 Å². The van der Waals surface area contributed by atoms with E-state index in [1.165, 1.54) is 21.0 Å². The van der Waals surface area contributed by atoms with Gasteiger partial charge in [-0.3, -0.25) is 14.6 Å². The number of anilines is 1. The monoisotopic (exact) mass is 969 g/mol. The summed E-state index contributed by atoms with van der Waals surface area (Å²) in [5.74, 6) is -0.349. The number of nitrogens with one attached hydrogen (secondary N) is 2. The summed E-state index contributed by atoms with van der Waals surface area (Å²) < 4.78 is 54.2. The highest BCUT2D eigenvalue weighted by Crippen LogP contribution is 2.43. The summed E-state index contributed by atoms with van der Waals surface area (Å²) >= 11 is 13.0. The quantitative estimate of drug-likeness (QED) is 0.106. The van der Waals surface area contributed by atoms with Gasteiger partial charge in [0, 0.05) is 31.8 Å². The lowest BCUT2D eigenvalue weighted by molar-refractivity contribution is -0.145. The van der Waals surface area contributed by atoms with E-state index in [4.69, 9.17) is 42.1 Å². The molecule has 3 atom stereocenters. The largest absolute Gasteiger partial charge is 0.489 e. The Hall–Kier alpha value is -6.04. The van der Waals surface area contributed by atoms with E-state index in [0.717, 1.165) is 54.7 Å². The van der Waals surface area contributed by atoms with E-state index < -0.39 is 46.0 Å². The van der Waals surface area contributed by atoms with Gasteiger partial charge in [-0.05, 0) is 114 Å².